The van der Waals surface area contributed by atoms with Crippen LogP contribution in [0.3, 0.4) is 0 Å². The molecule has 4 heteroatoms. The first-order chi connectivity index (χ1) is 13.1. The summed E-state index contributed by atoms with van der Waals surface area (Å²) < 4.78 is 0. The van der Waals surface area contributed by atoms with E-state index in [9.17, 15) is 4.79 Å². The number of hydrogen-bond acceptors (Lipinski definition) is 3. The van der Waals surface area contributed by atoms with Gasteiger partial charge in [0, 0.05) is 16.3 Å². The molecule has 3 aromatic carbocycles. The molecule has 1 atom stereocenters. The maximum absolute atomic E-state index is 13.2. The Hall–Kier alpha value is -2.72. The molecule has 3 aromatic rings. The molecule has 0 aliphatic rings. The Morgan fingerprint density at radius 3 is 2.44 bits per heavy atom. The first kappa shape index (κ1) is 19.1. The van der Waals surface area contributed by atoms with Crippen LogP contribution < -0.4 is 10.6 Å². The Labute approximate surface area is 165 Å². The third-order valence-electron chi connectivity index (χ3n) is 4.43. The van der Waals surface area contributed by atoms with Crippen LogP contribution >= 0.6 is 11.8 Å². The van der Waals surface area contributed by atoms with Crippen LogP contribution in [0.25, 0.3) is 0 Å². The van der Waals surface area contributed by atoms with Crippen LogP contribution in [0.1, 0.15) is 22.7 Å². The van der Waals surface area contributed by atoms with Gasteiger partial charge in [0.1, 0.15) is 6.04 Å². The normalized spacial score (nSPS) is 11.7. The van der Waals surface area contributed by atoms with E-state index in [1.165, 1.54) is 0 Å². The number of anilines is 2. The molecule has 0 heterocycles. The number of hydrogen-bond donors (Lipinski definition) is 2. The molecule has 0 aliphatic heterocycles. The van der Waals surface area contributed by atoms with Gasteiger partial charge in [-0.25, -0.2) is 0 Å². The van der Waals surface area contributed by atoms with Crippen LogP contribution in [0.15, 0.2) is 77.7 Å². The summed E-state index contributed by atoms with van der Waals surface area (Å²) in [6.07, 6.45) is 2.04. The maximum atomic E-state index is 13.2. The molecule has 0 spiro atoms. The van der Waals surface area contributed by atoms with E-state index >= 15 is 0 Å². The minimum atomic E-state index is -0.483. The SMILES string of the molecule is CSc1cccc(N[C@@H](C(=O)Nc2cc(C)ccc2C)c2ccccc2)c1. The van der Waals surface area contributed by atoms with E-state index in [0.29, 0.717) is 0 Å². The van der Waals surface area contributed by atoms with Crippen LogP contribution in [0, 0.1) is 13.8 Å². The fourth-order valence-corrected chi connectivity index (χ4v) is 3.36. The zero-order valence-corrected chi connectivity index (χ0v) is 16.6. The van der Waals surface area contributed by atoms with Gasteiger partial charge >= 0.3 is 0 Å². The molecule has 2 N–H and O–H groups in total. The maximum Gasteiger partial charge on any atom is 0.251 e. The van der Waals surface area contributed by atoms with Gasteiger partial charge in [0.25, 0.3) is 5.91 Å². The lowest BCUT2D eigenvalue weighted by Gasteiger charge is -2.21. The van der Waals surface area contributed by atoms with Gasteiger partial charge in [0.2, 0.25) is 0 Å². The number of aryl methyl sites for hydroxylation is 2. The molecule has 0 aromatic heterocycles. The van der Waals surface area contributed by atoms with E-state index in [1.807, 2.05) is 80.8 Å². The van der Waals surface area contributed by atoms with Crippen LogP contribution in [0.4, 0.5) is 11.4 Å². The number of nitrogens with one attached hydrogen (secondary N) is 2. The number of rotatable bonds is 6. The number of carbonyl (C=O) groups excluding carboxylic acids is 1. The Kier molecular flexibility index (Phi) is 6.20. The average Bonchev–Trinajstić information content (AvgIpc) is 2.69. The molecule has 0 bridgehead atoms. The third kappa shape index (κ3) is 4.92. The lowest BCUT2D eigenvalue weighted by Crippen LogP contribution is -2.27. The molecule has 0 fully saturated rings. The van der Waals surface area contributed by atoms with E-state index in [-0.39, 0.29) is 5.91 Å². The van der Waals surface area contributed by atoms with E-state index < -0.39 is 6.04 Å². The van der Waals surface area contributed by atoms with Gasteiger partial charge in [-0.2, -0.15) is 0 Å². The van der Waals surface area contributed by atoms with E-state index in [4.69, 9.17) is 0 Å². The minimum absolute atomic E-state index is 0.0792. The van der Waals surface area contributed by atoms with E-state index in [2.05, 4.69) is 22.8 Å². The smallest absolute Gasteiger partial charge is 0.251 e. The van der Waals surface area contributed by atoms with Gasteiger partial charge in [-0.05, 0) is 61.1 Å². The molecular weight excluding hydrogens is 352 g/mol. The topological polar surface area (TPSA) is 41.1 Å². The number of carbonyl (C=O) groups is 1. The van der Waals surface area contributed by atoms with Gasteiger partial charge in [-0.15, -0.1) is 11.8 Å². The quantitative estimate of drug-likeness (QED) is 0.533. The molecule has 0 saturated heterocycles. The fraction of sp³-hybridized carbons (Fsp3) is 0.174. The highest BCUT2D eigenvalue weighted by atomic mass is 32.2. The highest BCUT2D eigenvalue weighted by Gasteiger charge is 2.21. The van der Waals surface area contributed by atoms with Crippen LogP contribution in [0.5, 0.6) is 0 Å². The number of benzene rings is 3. The lowest BCUT2D eigenvalue weighted by molar-refractivity contribution is -0.117. The number of amides is 1. The van der Waals surface area contributed by atoms with Crippen molar-refractivity contribution in [3.63, 3.8) is 0 Å². The standard InChI is InChI=1S/C23H24N2OS/c1-16-12-13-17(2)21(14-16)25-23(26)22(18-8-5-4-6-9-18)24-19-10-7-11-20(15-19)27-3/h4-15,22,24H,1-3H3,(H,25,26)/t22-/m1/s1. The first-order valence-corrected chi connectivity index (χ1v) is 10.1. The Morgan fingerprint density at radius 1 is 0.926 bits per heavy atom. The predicted molar refractivity (Wildman–Crippen MR) is 116 cm³/mol. The summed E-state index contributed by atoms with van der Waals surface area (Å²) >= 11 is 1.68. The van der Waals surface area contributed by atoms with Gasteiger partial charge in [-0.1, -0.05) is 48.5 Å². The van der Waals surface area contributed by atoms with Gasteiger partial charge in [-0.3, -0.25) is 4.79 Å². The van der Waals surface area contributed by atoms with Crippen LogP contribution in [-0.2, 0) is 4.79 Å². The average molecular weight is 377 g/mol. The first-order valence-electron chi connectivity index (χ1n) is 8.90. The Bertz CT molecular complexity index is 925. The van der Waals surface area contributed by atoms with Crippen molar-refractivity contribution in [1.82, 2.24) is 0 Å². The molecule has 138 valence electrons. The van der Waals surface area contributed by atoms with Gasteiger partial charge in [0.05, 0.1) is 0 Å². The summed E-state index contributed by atoms with van der Waals surface area (Å²) in [5.74, 6) is -0.0792. The summed E-state index contributed by atoms with van der Waals surface area (Å²) in [7, 11) is 0. The second kappa shape index (κ2) is 8.78. The molecule has 3 nitrogen and oxygen atoms in total. The summed E-state index contributed by atoms with van der Waals surface area (Å²) in [5.41, 5.74) is 4.86. The van der Waals surface area contributed by atoms with Crippen molar-refractivity contribution in [3.05, 3.63) is 89.5 Å². The van der Waals surface area contributed by atoms with Crippen molar-refractivity contribution >= 4 is 29.0 Å². The molecule has 0 saturated carbocycles. The Balaban J connectivity index is 1.89. The predicted octanol–water partition coefficient (Wildman–Crippen LogP) is 5.82. The highest BCUT2D eigenvalue weighted by Crippen LogP contribution is 2.26. The molecule has 3 rings (SSSR count). The highest BCUT2D eigenvalue weighted by molar-refractivity contribution is 7.98. The van der Waals surface area contributed by atoms with Gasteiger partial charge in [0.15, 0.2) is 0 Å². The van der Waals surface area contributed by atoms with Crippen molar-refractivity contribution in [1.29, 1.82) is 0 Å². The summed E-state index contributed by atoms with van der Waals surface area (Å²) in [6.45, 7) is 4.03. The van der Waals surface area contributed by atoms with Crippen LogP contribution in [0.2, 0.25) is 0 Å². The van der Waals surface area contributed by atoms with Crippen molar-refractivity contribution in [2.45, 2.75) is 24.8 Å². The summed E-state index contributed by atoms with van der Waals surface area (Å²) in [4.78, 5) is 14.3. The third-order valence-corrected chi connectivity index (χ3v) is 5.15. The minimum Gasteiger partial charge on any atom is -0.370 e. The Morgan fingerprint density at radius 2 is 1.70 bits per heavy atom. The molecule has 27 heavy (non-hydrogen) atoms. The van der Waals surface area contributed by atoms with E-state index in [1.54, 1.807) is 11.8 Å². The molecular formula is C23H24N2OS. The zero-order valence-electron chi connectivity index (χ0n) is 15.8. The summed E-state index contributed by atoms with van der Waals surface area (Å²) in [5, 5.41) is 6.49. The molecule has 0 unspecified atom stereocenters. The fourth-order valence-electron chi connectivity index (χ4n) is 2.90. The second-order valence-electron chi connectivity index (χ2n) is 6.53. The monoisotopic (exact) mass is 376 g/mol. The molecule has 1 amide bonds. The van der Waals surface area contributed by atoms with Gasteiger partial charge < -0.3 is 10.6 Å². The molecule has 0 aliphatic carbocycles. The molecule has 0 radical (unpaired) electrons. The van der Waals surface area contributed by atoms with Crippen molar-refractivity contribution in [3.8, 4) is 0 Å². The van der Waals surface area contributed by atoms with E-state index in [0.717, 1.165) is 33.0 Å². The van der Waals surface area contributed by atoms with Crippen LogP contribution in [-0.4, -0.2) is 12.2 Å². The lowest BCUT2D eigenvalue weighted by atomic mass is 10.0. The van der Waals surface area contributed by atoms with Crippen molar-refractivity contribution < 1.29 is 4.79 Å². The van der Waals surface area contributed by atoms with Crippen molar-refractivity contribution in [2.24, 2.45) is 0 Å². The second-order valence-corrected chi connectivity index (χ2v) is 7.41. The summed E-state index contributed by atoms with van der Waals surface area (Å²) in [6, 6.07) is 23.5. The largest absolute Gasteiger partial charge is 0.370 e. The zero-order chi connectivity index (χ0) is 19.2. The van der Waals surface area contributed by atoms with Crippen molar-refractivity contribution in [2.75, 3.05) is 16.9 Å². The number of thioether (sulfide) groups is 1.